The van der Waals surface area contributed by atoms with E-state index in [0.717, 1.165) is 11.7 Å². The van der Waals surface area contributed by atoms with Gasteiger partial charge in [-0.05, 0) is 85.8 Å². The third-order valence-electron chi connectivity index (χ3n) is 7.96. The van der Waals surface area contributed by atoms with E-state index in [0.29, 0.717) is 17.9 Å². The lowest BCUT2D eigenvalue weighted by Gasteiger charge is -2.37. The van der Waals surface area contributed by atoms with Crippen molar-refractivity contribution in [1.82, 2.24) is 0 Å². The molecule has 0 N–H and O–H groups in total. The molecule has 2 heteroatoms. The van der Waals surface area contributed by atoms with Crippen molar-refractivity contribution in [2.45, 2.75) is 139 Å². The van der Waals surface area contributed by atoms with Gasteiger partial charge in [0.1, 0.15) is 5.75 Å². The van der Waals surface area contributed by atoms with Crippen LogP contribution in [0, 0.1) is 22.2 Å². The third-order valence-corrected chi connectivity index (χ3v) is 7.96. The number of hydrogen-bond donors (Lipinski definition) is 0. The molecule has 0 saturated heterocycles. The number of rotatable bonds is 10. The Morgan fingerprint density at radius 3 is 1.82 bits per heavy atom. The molecule has 0 amide bonds. The van der Waals surface area contributed by atoms with E-state index in [1.54, 1.807) is 0 Å². The Hall–Kier alpha value is -1.02. The number of fused-ring (bicyclic) bond motifs is 2. The van der Waals surface area contributed by atoms with Gasteiger partial charge in [-0.15, -0.1) is 0 Å². The lowest BCUT2D eigenvalue weighted by molar-refractivity contribution is -0.152. The molecule has 2 bridgehead atoms. The zero-order chi connectivity index (χ0) is 25.4. The van der Waals surface area contributed by atoms with Crippen LogP contribution in [0.2, 0.25) is 0 Å². The molecule has 0 aliphatic heterocycles. The molecule has 1 aromatic rings. The summed E-state index contributed by atoms with van der Waals surface area (Å²) in [6.07, 6.45) is 13.1. The SMILES string of the molecule is CCCCCC.CCOC(Oc1ccc(C(CC(C)(C)C)C(C)(C)C)cc1)C12CCC(CC1)C2. The van der Waals surface area contributed by atoms with Crippen LogP contribution >= 0.6 is 0 Å². The van der Waals surface area contributed by atoms with Gasteiger partial charge in [0.2, 0.25) is 6.29 Å². The topological polar surface area (TPSA) is 18.5 Å². The van der Waals surface area contributed by atoms with Crippen molar-refractivity contribution < 1.29 is 9.47 Å². The van der Waals surface area contributed by atoms with Crippen LogP contribution in [0.3, 0.4) is 0 Å². The lowest BCUT2D eigenvalue weighted by atomic mass is 9.69. The summed E-state index contributed by atoms with van der Waals surface area (Å²) >= 11 is 0. The second kappa shape index (κ2) is 12.8. The highest BCUT2D eigenvalue weighted by Crippen LogP contribution is 2.57. The summed E-state index contributed by atoms with van der Waals surface area (Å²) in [5, 5.41) is 0. The van der Waals surface area contributed by atoms with Crippen molar-refractivity contribution in [2.75, 3.05) is 6.61 Å². The van der Waals surface area contributed by atoms with Crippen LogP contribution in [0.4, 0.5) is 0 Å². The van der Waals surface area contributed by atoms with Gasteiger partial charge in [-0.3, -0.25) is 0 Å². The van der Waals surface area contributed by atoms with Crippen LogP contribution in [-0.2, 0) is 4.74 Å². The fraction of sp³-hybridized carbons (Fsp3) is 0.812. The van der Waals surface area contributed by atoms with Crippen LogP contribution in [0.1, 0.15) is 138 Å². The van der Waals surface area contributed by atoms with E-state index in [9.17, 15) is 0 Å². The molecule has 2 fully saturated rings. The Kier molecular flexibility index (Phi) is 11.0. The van der Waals surface area contributed by atoms with Gasteiger partial charge in [-0.1, -0.05) is 93.2 Å². The molecule has 2 aliphatic carbocycles. The van der Waals surface area contributed by atoms with Crippen LogP contribution in [0.25, 0.3) is 0 Å². The fourth-order valence-electron chi connectivity index (χ4n) is 5.99. The van der Waals surface area contributed by atoms with E-state index < -0.39 is 0 Å². The minimum absolute atomic E-state index is 0.0937. The molecular formula is C32H56O2. The van der Waals surface area contributed by atoms with Crippen LogP contribution in [0.5, 0.6) is 5.75 Å². The molecule has 0 spiro atoms. The summed E-state index contributed by atoms with van der Waals surface area (Å²) in [5.41, 5.74) is 2.22. The minimum Gasteiger partial charge on any atom is -0.464 e. The van der Waals surface area contributed by atoms with Gasteiger partial charge < -0.3 is 9.47 Å². The number of hydrogen-bond acceptors (Lipinski definition) is 2. The molecule has 2 unspecified atom stereocenters. The Bertz CT molecular complexity index is 679. The average molecular weight is 473 g/mol. The van der Waals surface area contributed by atoms with Crippen molar-refractivity contribution >= 4 is 0 Å². The Labute approximate surface area is 212 Å². The molecule has 2 aliphatic rings. The first-order valence-electron chi connectivity index (χ1n) is 14.3. The fourth-order valence-corrected chi connectivity index (χ4v) is 5.99. The highest BCUT2D eigenvalue weighted by atomic mass is 16.7. The van der Waals surface area contributed by atoms with Crippen LogP contribution < -0.4 is 4.74 Å². The largest absolute Gasteiger partial charge is 0.464 e. The first-order valence-corrected chi connectivity index (χ1v) is 14.3. The molecule has 1 aromatic carbocycles. The Balaban J connectivity index is 0.000000604. The van der Waals surface area contributed by atoms with E-state index in [2.05, 4.69) is 86.6 Å². The normalized spacial score (nSPS) is 23.9. The molecule has 3 rings (SSSR count). The van der Waals surface area contributed by atoms with Gasteiger partial charge in [0, 0.05) is 12.0 Å². The average Bonchev–Trinajstić information content (AvgIpc) is 3.38. The molecule has 2 saturated carbocycles. The molecule has 2 nitrogen and oxygen atoms in total. The predicted octanol–water partition coefficient (Wildman–Crippen LogP) is 10.2. The molecule has 0 radical (unpaired) electrons. The second-order valence-corrected chi connectivity index (χ2v) is 13.4. The van der Waals surface area contributed by atoms with Gasteiger partial charge in [0.25, 0.3) is 0 Å². The van der Waals surface area contributed by atoms with E-state index in [-0.39, 0.29) is 17.1 Å². The monoisotopic (exact) mass is 472 g/mol. The van der Waals surface area contributed by atoms with Crippen molar-refractivity contribution in [3.8, 4) is 5.75 Å². The maximum atomic E-state index is 6.46. The van der Waals surface area contributed by atoms with Crippen LogP contribution in [0.15, 0.2) is 24.3 Å². The van der Waals surface area contributed by atoms with E-state index in [4.69, 9.17) is 9.47 Å². The molecule has 196 valence electrons. The summed E-state index contributed by atoms with van der Waals surface area (Å²) in [6.45, 7) is 21.3. The van der Waals surface area contributed by atoms with Crippen molar-refractivity contribution in [2.24, 2.45) is 22.2 Å². The maximum Gasteiger partial charge on any atom is 0.205 e. The molecular weight excluding hydrogens is 416 g/mol. The van der Waals surface area contributed by atoms with Crippen molar-refractivity contribution in [1.29, 1.82) is 0 Å². The Morgan fingerprint density at radius 1 is 0.882 bits per heavy atom. The summed E-state index contributed by atoms with van der Waals surface area (Å²) in [6, 6.07) is 8.90. The number of unbranched alkanes of at least 4 members (excludes halogenated alkanes) is 3. The smallest absolute Gasteiger partial charge is 0.205 e. The minimum atomic E-state index is -0.0937. The second-order valence-electron chi connectivity index (χ2n) is 13.4. The van der Waals surface area contributed by atoms with Gasteiger partial charge in [-0.25, -0.2) is 0 Å². The first-order chi connectivity index (χ1) is 15.9. The highest BCUT2D eigenvalue weighted by molar-refractivity contribution is 5.31. The van der Waals surface area contributed by atoms with E-state index in [1.165, 1.54) is 69.8 Å². The van der Waals surface area contributed by atoms with Gasteiger partial charge in [0.15, 0.2) is 0 Å². The standard InChI is InChI=1S/C26H42O2.C6H14/c1-8-27-23(26-15-13-19(17-26)14-16-26)28-21-11-9-20(10-12-21)22(25(5,6)7)18-24(2,3)4;1-3-5-6-4-2/h9-12,19,22-23H,8,13-18H2,1-7H3;3-6H2,1-2H3. The molecule has 2 atom stereocenters. The molecule has 0 heterocycles. The maximum absolute atomic E-state index is 6.46. The summed E-state index contributed by atoms with van der Waals surface area (Å²) in [7, 11) is 0. The molecule has 0 aromatic heterocycles. The summed E-state index contributed by atoms with van der Waals surface area (Å²) in [5.74, 6) is 2.39. The Morgan fingerprint density at radius 2 is 1.44 bits per heavy atom. The predicted molar refractivity (Wildman–Crippen MR) is 148 cm³/mol. The number of ether oxygens (including phenoxy) is 2. The highest BCUT2D eigenvalue weighted by Gasteiger charge is 2.51. The van der Waals surface area contributed by atoms with Crippen molar-refractivity contribution in [3.05, 3.63) is 29.8 Å². The zero-order valence-corrected chi connectivity index (χ0v) is 24.1. The summed E-state index contributed by atoms with van der Waals surface area (Å²) < 4.78 is 12.6. The summed E-state index contributed by atoms with van der Waals surface area (Å²) in [4.78, 5) is 0. The number of benzene rings is 1. The van der Waals surface area contributed by atoms with E-state index in [1.807, 2.05) is 0 Å². The van der Waals surface area contributed by atoms with Crippen LogP contribution in [-0.4, -0.2) is 12.9 Å². The first kappa shape index (κ1) is 29.2. The van der Waals surface area contributed by atoms with Gasteiger partial charge in [-0.2, -0.15) is 0 Å². The third kappa shape index (κ3) is 8.58. The quantitative estimate of drug-likeness (QED) is 0.249. The molecule has 34 heavy (non-hydrogen) atoms. The lowest BCUT2D eigenvalue weighted by Crippen LogP contribution is -2.38. The van der Waals surface area contributed by atoms with Gasteiger partial charge in [0.05, 0.1) is 0 Å². The van der Waals surface area contributed by atoms with E-state index >= 15 is 0 Å². The van der Waals surface area contributed by atoms with Gasteiger partial charge >= 0.3 is 0 Å². The zero-order valence-electron chi connectivity index (χ0n) is 24.1. The van der Waals surface area contributed by atoms with Crippen molar-refractivity contribution in [3.63, 3.8) is 0 Å².